The molecule has 0 N–H and O–H groups in total. The Hall–Kier alpha value is -1.01. The Kier molecular flexibility index (Phi) is 2.68. The van der Waals surface area contributed by atoms with Crippen molar-refractivity contribution >= 4 is 22.4 Å². The molecule has 3 atom stereocenters. The van der Waals surface area contributed by atoms with E-state index in [9.17, 15) is 0 Å². The number of aryl methyl sites for hydroxylation is 2. The van der Waals surface area contributed by atoms with Crippen molar-refractivity contribution in [3.63, 3.8) is 0 Å². The molecule has 3 aliphatic rings. The first-order chi connectivity index (χ1) is 10.3. The zero-order chi connectivity index (χ0) is 14.0. The number of rotatable bonds is 2. The predicted molar refractivity (Wildman–Crippen MR) is 88.9 cm³/mol. The van der Waals surface area contributed by atoms with Gasteiger partial charge in [-0.05, 0) is 70.9 Å². The Morgan fingerprint density at radius 3 is 2.38 bits per heavy atom. The van der Waals surface area contributed by atoms with Crippen LogP contribution in [-0.2, 0) is 12.8 Å². The van der Waals surface area contributed by atoms with Crippen LogP contribution in [0.3, 0.4) is 0 Å². The van der Waals surface area contributed by atoms with Crippen LogP contribution < -0.4 is 0 Å². The van der Waals surface area contributed by atoms with Gasteiger partial charge < -0.3 is 0 Å². The molecule has 0 aromatic heterocycles. The van der Waals surface area contributed by atoms with Gasteiger partial charge in [-0.25, -0.2) is 0 Å². The zero-order valence-electron chi connectivity index (χ0n) is 12.3. The van der Waals surface area contributed by atoms with Crippen LogP contribution in [0.15, 0.2) is 30.3 Å². The van der Waals surface area contributed by atoms with Crippen molar-refractivity contribution in [3.8, 4) is 0 Å². The summed E-state index contributed by atoms with van der Waals surface area (Å²) in [6.07, 6.45) is 8.09. The lowest BCUT2D eigenvalue weighted by Crippen LogP contribution is -1.98. The maximum Gasteiger partial charge on any atom is 0.0624 e. The van der Waals surface area contributed by atoms with E-state index in [1.54, 1.807) is 0 Å². The Morgan fingerprint density at radius 2 is 1.62 bits per heavy atom. The molecular weight excluding hydrogens is 276 g/mol. The molecule has 0 heterocycles. The van der Waals surface area contributed by atoms with Crippen LogP contribution in [0.2, 0.25) is 0 Å². The normalized spacial score (nSPS) is 31.2. The molecule has 2 fully saturated rings. The first-order valence-electron chi connectivity index (χ1n) is 8.52. The Balaban J connectivity index is 1.59. The molecule has 0 saturated heterocycles. The van der Waals surface area contributed by atoms with Crippen LogP contribution in [0.4, 0.5) is 0 Å². The number of hydrogen-bond acceptors (Lipinski definition) is 0. The van der Waals surface area contributed by atoms with E-state index in [-0.39, 0.29) is 5.38 Å². The number of benzene rings is 2. The van der Waals surface area contributed by atoms with Crippen molar-refractivity contribution < 1.29 is 0 Å². The van der Waals surface area contributed by atoms with Gasteiger partial charge >= 0.3 is 0 Å². The van der Waals surface area contributed by atoms with Crippen molar-refractivity contribution in [1.82, 2.24) is 0 Å². The second kappa shape index (κ2) is 4.49. The largest absolute Gasteiger partial charge is 0.117 e. The topological polar surface area (TPSA) is 0 Å². The molecule has 0 aliphatic heterocycles. The van der Waals surface area contributed by atoms with Crippen LogP contribution in [-0.4, -0.2) is 0 Å². The summed E-state index contributed by atoms with van der Waals surface area (Å²) in [7, 11) is 0. The SMILES string of the molecule is ClC(c1ccc2c3c(cccc13)CC2)C1C2CCCCC21. The van der Waals surface area contributed by atoms with E-state index >= 15 is 0 Å². The summed E-state index contributed by atoms with van der Waals surface area (Å²) in [6.45, 7) is 0. The minimum absolute atomic E-state index is 0.225. The van der Waals surface area contributed by atoms with Crippen LogP contribution in [0, 0.1) is 17.8 Å². The van der Waals surface area contributed by atoms with Gasteiger partial charge in [-0.3, -0.25) is 0 Å². The first-order valence-corrected chi connectivity index (χ1v) is 8.95. The number of fused-ring (bicyclic) bond motifs is 1. The van der Waals surface area contributed by atoms with Gasteiger partial charge in [0, 0.05) is 0 Å². The molecule has 2 saturated carbocycles. The molecule has 0 radical (unpaired) electrons. The fourth-order valence-corrected chi connectivity index (χ4v) is 5.76. The molecule has 2 aromatic rings. The van der Waals surface area contributed by atoms with E-state index in [0.29, 0.717) is 0 Å². The molecule has 5 rings (SSSR count). The minimum atomic E-state index is 0.225. The lowest BCUT2D eigenvalue weighted by atomic mass is 9.95. The van der Waals surface area contributed by atoms with Gasteiger partial charge in [0.1, 0.15) is 0 Å². The van der Waals surface area contributed by atoms with Crippen molar-refractivity contribution in [3.05, 3.63) is 47.0 Å². The summed E-state index contributed by atoms with van der Waals surface area (Å²) in [4.78, 5) is 0. The lowest BCUT2D eigenvalue weighted by Gasteiger charge is -2.14. The van der Waals surface area contributed by atoms with Gasteiger partial charge in [0.2, 0.25) is 0 Å². The summed E-state index contributed by atoms with van der Waals surface area (Å²) in [5.74, 6) is 2.58. The number of hydrogen-bond donors (Lipinski definition) is 0. The van der Waals surface area contributed by atoms with Gasteiger partial charge in [0.05, 0.1) is 5.38 Å². The van der Waals surface area contributed by atoms with E-state index in [2.05, 4.69) is 30.3 Å². The highest BCUT2D eigenvalue weighted by Crippen LogP contribution is 2.62. The molecule has 108 valence electrons. The van der Waals surface area contributed by atoms with Crippen molar-refractivity contribution in [2.24, 2.45) is 17.8 Å². The van der Waals surface area contributed by atoms with E-state index < -0.39 is 0 Å². The third-order valence-corrected chi connectivity index (χ3v) is 6.79. The standard InChI is InChI=1S/C20H21Cl/c21-20(19-14-5-1-2-6-15(14)19)17-11-10-13-9-8-12-4-3-7-16(17)18(12)13/h3-4,7,10-11,14-15,19-20H,1-2,5-6,8-9H2. The predicted octanol–water partition coefficient (Wildman–Crippen LogP) is 5.65. The van der Waals surface area contributed by atoms with E-state index in [4.69, 9.17) is 11.6 Å². The molecule has 21 heavy (non-hydrogen) atoms. The molecular formula is C20H21Cl. The number of halogens is 1. The van der Waals surface area contributed by atoms with Gasteiger partial charge in [0.15, 0.2) is 0 Å². The zero-order valence-corrected chi connectivity index (χ0v) is 13.1. The third-order valence-electron chi connectivity index (χ3n) is 6.27. The molecule has 0 spiro atoms. The molecule has 0 amide bonds. The second-order valence-corrected chi connectivity index (χ2v) is 7.72. The Labute approximate surface area is 131 Å². The Bertz CT molecular complexity index is 695. The summed E-state index contributed by atoms with van der Waals surface area (Å²) in [6, 6.07) is 11.5. The van der Waals surface area contributed by atoms with Crippen LogP contribution in [0.5, 0.6) is 0 Å². The molecule has 1 heteroatoms. The third kappa shape index (κ3) is 1.75. The summed E-state index contributed by atoms with van der Waals surface area (Å²) in [5, 5.41) is 3.18. The van der Waals surface area contributed by atoms with E-state index in [1.165, 1.54) is 66.0 Å². The smallest absolute Gasteiger partial charge is 0.0624 e. The second-order valence-electron chi connectivity index (χ2n) is 7.24. The molecule has 0 bridgehead atoms. The van der Waals surface area contributed by atoms with Crippen LogP contribution in [0.1, 0.15) is 47.8 Å². The highest BCUT2D eigenvalue weighted by atomic mass is 35.5. The van der Waals surface area contributed by atoms with Crippen molar-refractivity contribution in [2.75, 3.05) is 0 Å². The Morgan fingerprint density at radius 1 is 0.905 bits per heavy atom. The monoisotopic (exact) mass is 296 g/mol. The molecule has 0 nitrogen and oxygen atoms in total. The summed E-state index contributed by atoms with van der Waals surface area (Å²) < 4.78 is 0. The van der Waals surface area contributed by atoms with Crippen LogP contribution >= 0.6 is 11.6 Å². The lowest BCUT2D eigenvalue weighted by molar-refractivity contribution is 0.480. The average Bonchev–Trinajstić information content (AvgIpc) is 3.12. The molecule has 3 unspecified atom stereocenters. The van der Waals surface area contributed by atoms with E-state index in [0.717, 1.165) is 17.8 Å². The van der Waals surface area contributed by atoms with Crippen molar-refractivity contribution in [1.29, 1.82) is 0 Å². The first kappa shape index (κ1) is 12.5. The summed E-state index contributed by atoms with van der Waals surface area (Å²) in [5.41, 5.74) is 4.46. The van der Waals surface area contributed by atoms with Crippen LogP contribution in [0.25, 0.3) is 10.8 Å². The number of alkyl halides is 1. The highest BCUT2D eigenvalue weighted by Gasteiger charge is 2.54. The summed E-state index contributed by atoms with van der Waals surface area (Å²) >= 11 is 6.98. The van der Waals surface area contributed by atoms with E-state index in [1.807, 2.05) is 0 Å². The minimum Gasteiger partial charge on any atom is -0.117 e. The average molecular weight is 297 g/mol. The maximum atomic E-state index is 6.98. The fraction of sp³-hybridized carbons (Fsp3) is 0.500. The molecule has 2 aromatic carbocycles. The van der Waals surface area contributed by atoms with Gasteiger partial charge in [-0.1, -0.05) is 43.2 Å². The fourth-order valence-electron chi connectivity index (χ4n) is 5.20. The quantitative estimate of drug-likeness (QED) is 0.628. The van der Waals surface area contributed by atoms with Crippen molar-refractivity contribution in [2.45, 2.75) is 43.9 Å². The highest BCUT2D eigenvalue weighted by molar-refractivity contribution is 6.22. The van der Waals surface area contributed by atoms with Gasteiger partial charge in [-0.15, -0.1) is 11.6 Å². The van der Waals surface area contributed by atoms with Gasteiger partial charge in [-0.2, -0.15) is 0 Å². The maximum absolute atomic E-state index is 6.98. The molecule has 3 aliphatic carbocycles. The van der Waals surface area contributed by atoms with Gasteiger partial charge in [0.25, 0.3) is 0 Å².